The van der Waals surface area contributed by atoms with Crippen molar-refractivity contribution in [1.82, 2.24) is 9.78 Å². The third-order valence-corrected chi connectivity index (χ3v) is 1.53. The Morgan fingerprint density at radius 3 is 3.00 bits per heavy atom. The predicted molar refractivity (Wildman–Crippen MR) is 39.7 cm³/mol. The Morgan fingerprint density at radius 1 is 1.82 bits per heavy atom. The summed E-state index contributed by atoms with van der Waals surface area (Å²) >= 11 is 0. The molecule has 4 heteroatoms. The third kappa shape index (κ3) is 1.53. The minimum Gasteiger partial charge on any atom is -0.270 e. The maximum Gasteiger partial charge on any atom is 0.235 e. The summed E-state index contributed by atoms with van der Waals surface area (Å²) in [4.78, 5) is 13.5. The van der Waals surface area contributed by atoms with Crippen LogP contribution in [0.1, 0.15) is 18.7 Å². The van der Waals surface area contributed by atoms with Gasteiger partial charge in [0, 0.05) is 13.2 Å². The molecule has 1 aromatic heterocycles. The fraction of sp³-hybridized carbons (Fsp3) is 0.429. The largest absolute Gasteiger partial charge is 0.270 e. The van der Waals surface area contributed by atoms with Crippen LogP contribution in [0.5, 0.6) is 0 Å². The molecule has 0 bridgehead atoms. The molecule has 0 fully saturated rings. The first-order valence-electron chi connectivity index (χ1n) is 3.30. The van der Waals surface area contributed by atoms with Crippen molar-refractivity contribution in [2.75, 3.05) is 0 Å². The number of carbonyl (C=O) groups excluding carboxylic acids is 1. The van der Waals surface area contributed by atoms with Crippen molar-refractivity contribution in [2.45, 2.75) is 13.0 Å². The minimum absolute atomic E-state index is 0.153. The molecule has 11 heavy (non-hydrogen) atoms. The number of aliphatic imine (C=N–C) groups is 1. The van der Waals surface area contributed by atoms with Gasteiger partial charge in [0.25, 0.3) is 0 Å². The molecule has 1 rings (SSSR count). The van der Waals surface area contributed by atoms with Crippen LogP contribution in [-0.4, -0.2) is 15.9 Å². The molecular formula is C7H9N3O. The number of aryl methyl sites for hydroxylation is 1. The summed E-state index contributed by atoms with van der Waals surface area (Å²) < 4.78 is 1.69. The van der Waals surface area contributed by atoms with Crippen LogP contribution in [0, 0.1) is 0 Å². The monoisotopic (exact) mass is 151 g/mol. The second-order valence-corrected chi connectivity index (χ2v) is 2.28. The molecule has 0 aromatic carbocycles. The van der Waals surface area contributed by atoms with Gasteiger partial charge in [0.1, 0.15) is 6.04 Å². The highest BCUT2D eigenvalue weighted by atomic mass is 16.1. The molecular weight excluding hydrogens is 142 g/mol. The average molecular weight is 151 g/mol. The van der Waals surface area contributed by atoms with Gasteiger partial charge in [-0.25, -0.2) is 4.79 Å². The van der Waals surface area contributed by atoms with Gasteiger partial charge in [-0.1, -0.05) is 0 Å². The molecule has 0 spiro atoms. The molecule has 1 aromatic rings. The van der Waals surface area contributed by atoms with Crippen molar-refractivity contribution in [3.63, 3.8) is 0 Å². The lowest BCUT2D eigenvalue weighted by molar-refractivity contribution is 0.556. The molecule has 0 aliphatic rings. The van der Waals surface area contributed by atoms with Gasteiger partial charge in [-0.15, -0.1) is 0 Å². The van der Waals surface area contributed by atoms with Crippen molar-refractivity contribution >= 4 is 6.08 Å². The van der Waals surface area contributed by atoms with Gasteiger partial charge in [0.15, 0.2) is 0 Å². The lowest BCUT2D eigenvalue weighted by Gasteiger charge is -2.02. The molecule has 1 unspecified atom stereocenters. The number of aromatic nitrogens is 2. The first-order chi connectivity index (χ1) is 5.25. The van der Waals surface area contributed by atoms with Crippen LogP contribution >= 0.6 is 0 Å². The maximum atomic E-state index is 9.90. The van der Waals surface area contributed by atoms with Crippen molar-refractivity contribution in [2.24, 2.45) is 12.0 Å². The molecule has 1 heterocycles. The van der Waals surface area contributed by atoms with Crippen LogP contribution in [0.25, 0.3) is 0 Å². The minimum atomic E-state index is -0.153. The van der Waals surface area contributed by atoms with Gasteiger partial charge in [-0.05, 0) is 13.0 Å². The lowest BCUT2D eigenvalue weighted by Crippen LogP contribution is -2.00. The second-order valence-electron chi connectivity index (χ2n) is 2.28. The summed E-state index contributed by atoms with van der Waals surface area (Å²) in [5, 5.41) is 3.95. The Hall–Kier alpha value is -1.41. The molecule has 58 valence electrons. The smallest absolute Gasteiger partial charge is 0.235 e. The molecule has 0 amide bonds. The van der Waals surface area contributed by atoms with Crippen molar-refractivity contribution in [3.05, 3.63) is 18.0 Å². The fourth-order valence-corrected chi connectivity index (χ4v) is 0.939. The molecule has 0 N–H and O–H groups in total. The highest BCUT2D eigenvalue weighted by Crippen LogP contribution is 2.13. The number of hydrogen-bond acceptors (Lipinski definition) is 3. The Bertz CT molecular complexity index is 286. The Kier molecular flexibility index (Phi) is 2.18. The number of rotatable bonds is 2. The average Bonchev–Trinajstić information content (AvgIpc) is 2.36. The summed E-state index contributed by atoms with van der Waals surface area (Å²) in [6, 6.07) is 1.67. The fourth-order valence-electron chi connectivity index (χ4n) is 0.939. The van der Waals surface area contributed by atoms with Gasteiger partial charge in [0.05, 0.1) is 5.69 Å². The van der Waals surface area contributed by atoms with E-state index in [0.29, 0.717) is 0 Å². The van der Waals surface area contributed by atoms with E-state index in [1.165, 1.54) is 6.08 Å². The van der Waals surface area contributed by atoms with E-state index < -0.39 is 0 Å². The van der Waals surface area contributed by atoms with Gasteiger partial charge in [-0.2, -0.15) is 10.1 Å². The van der Waals surface area contributed by atoms with Crippen molar-refractivity contribution < 1.29 is 4.79 Å². The van der Waals surface area contributed by atoms with Gasteiger partial charge in [-0.3, -0.25) is 4.68 Å². The summed E-state index contributed by atoms with van der Waals surface area (Å²) in [6.07, 6.45) is 3.19. The van der Waals surface area contributed by atoms with E-state index in [9.17, 15) is 4.79 Å². The molecule has 0 saturated carbocycles. The molecule has 0 saturated heterocycles. The maximum absolute atomic E-state index is 9.90. The molecule has 0 aliphatic carbocycles. The first kappa shape index (κ1) is 7.69. The van der Waals surface area contributed by atoms with Gasteiger partial charge in [0.2, 0.25) is 6.08 Å². The van der Waals surface area contributed by atoms with Gasteiger partial charge < -0.3 is 0 Å². The zero-order valence-corrected chi connectivity index (χ0v) is 6.48. The summed E-state index contributed by atoms with van der Waals surface area (Å²) in [6.45, 7) is 1.82. The van der Waals surface area contributed by atoms with Crippen LogP contribution in [0.15, 0.2) is 17.3 Å². The van der Waals surface area contributed by atoms with E-state index in [0.717, 1.165) is 5.69 Å². The lowest BCUT2D eigenvalue weighted by atomic mass is 10.2. The van der Waals surface area contributed by atoms with E-state index >= 15 is 0 Å². The van der Waals surface area contributed by atoms with Crippen molar-refractivity contribution in [3.8, 4) is 0 Å². The molecule has 0 radical (unpaired) electrons. The van der Waals surface area contributed by atoms with Crippen LogP contribution < -0.4 is 0 Å². The van der Waals surface area contributed by atoms with E-state index in [1.807, 2.05) is 20.0 Å². The van der Waals surface area contributed by atoms with E-state index in [4.69, 9.17) is 0 Å². The standard InChI is InChI=1S/C7H9N3O/c1-6(8-5-11)7-3-4-9-10(7)2/h3-4,6H,1-2H3. The summed E-state index contributed by atoms with van der Waals surface area (Å²) in [5.41, 5.74) is 0.911. The van der Waals surface area contributed by atoms with Crippen molar-refractivity contribution in [1.29, 1.82) is 0 Å². The summed E-state index contributed by atoms with van der Waals surface area (Å²) in [5.74, 6) is 0. The van der Waals surface area contributed by atoms with Crippen LogP contribution in [0.4, 0.5) is 0 Å². The Balaban J connectivity index is 2.92. The number of nitrogens with zero attached hydrogens (tertiary/aromatic N) is 3. The zero-order valence-electron chi connectivity index (χ0n) is 6.48. The van der Waals surface area contributed by atoms with Crippen LogP contribution in [0.2, 0.25) is 0 Å². The highest BCUT2D eigenvalue weighted by Gasteiger charge is 2.05. The number of hydrogen-bond donors (Lipinski definition) is 0. The Morgan fingerprint density at radius 2 is 2.55 bits per heavy atom. The number of isocyanates is 1. The molecule has 0 aliphatic heterocycles. The van der Waals surface area contributed by atoms with E-state index in [2.05, 4.69) is 10.1 Å². The second kappa shape index (κ2) is 3.12. The van der Waals surface area contributed by atoms with Crippen LogP contribution in [0.3, 0.4) is 0 Å². The molecule has 4 nitrogen and oxygen atoms in total. The SMILES string of the molecule is CC(N=C=O)c1ccnn1C. The predicted octanol–water partition coefficient (Wildman–Crippen LogP) is 0.817. The highest BCUT2D eigenvalue weighted by molar-refractivity contribution is 5.34. The topological polar surface area (TPSA) is 47.2 Å². The normalized spacial score (nSPS) is 12.2. The van der Waals surface area contributed by atoms with Crippen LogP contribution in [-0.2, 0) is 11.8 Å². The Labute approximate surface area is 64.6 Å². The van der Waals surface area contributed by atoms with E-state index in [1.54, 1.807) is 10.9 Å². The molecule has 1 atom stereocenters. The van der Waals surface area contributed by atoms with Gasteiger partial charge >= 0.3 is 0 Å². The zero-order chi connectivity index (χ0) is 8.27. The van der Waals surface area contributed by atoms with E-state index in [-0.39, 0.29) is 6.04 Å². The summed E-state index contributed by atoms with van der Waals surface area (Å²) in [7, 11) is 1.81. The quantitative estimate of drug-likeness (QED) is 0.464. The first-order valence-corrected chi connectivity index (χ1v) is 3.30. The third-order valence-electron chi connectivity index (χ3n) is 1.53.